The molecule has 1 aliphatic rings. The maximum atomic E-state index is 11.9. The number of carbonyl (C=O) groups excluding carboxylic acids is 1. The molecule has 1 aromatic rings. The lowest BCUT2D eigenvalue weighted by molar-refractivity contribution is -0.117. The van der Waals surface area contributed by atoms with E-state index in [1.807, 2.05) is 29.2 Å². The molecule has 1 atom stereocenters. The normalized spacial score (nSPS) is 19.9. The summed E-state index contributed by atoms with van der Waals surface area (Å²) < 4.78 is 0. The van der Waals surface area contributed by atoms with Crippen LogP contribution in [0.2, 0.25) is 0 Å². The van der Waals surface area contributed by atoms with Crippen LogP contribution < -0.4 is 5.32 Å². The van der Waals surface area contributed by atoms with Gasteiger partial charge in [0, 0.05) is 18.8 Å². The highest BCUT2D eigenvalue weighted by Crippen LogP contribution is 2.17. The summed E-state index contributed by atoms with van der Waals surface area (Å²) in [5, 5.41) is 12.3. The zero-order chi connectivity index (χ0) is 13.8. The Morgan fingerprint density at radius 3 is 2.63 bits per heavy atom. The number of nitrogens with zero attached hydrogens (tertiary/aromatic N) is 1. The topological polar surface area (TPSA) is 52.6 Å². The van der Waals surface area contributed by atoms with E-state index in [0.29, 0.717) is 19.0 Å². The van der Waals surface area contributed by atoms with Crippen LogP contribution in [0.25, 0.3) is 0 Å². The van der Waals surface area contributed by atoms with E-state index in [0.717, 1.165) is 18.7 Å². The molecule has 1 saturated heterocycles. The summed E-state index contributed by atoms with van der Waals surface area (Å²) in [6, 6.07) is 7.96. The second kappa shape index (κ2) is 6.17. The van der Waals surface area contributed by atoms with Crippen LogP contribution in [0.3, 0.4) is 0 Å². The minimum Gasteiger partial charge on any atom is -0.392 e. The van der Waals surface area contributed by atoms with Crippen LogP contribution in [-0.4, -0.2) is 41.7 Å². The average Bonchev–Trinajstić information content (AvgIpc) is 2.75. The van der Waals surface area contributed by atoms with E-state index in [1.54, 1.807) is 0 Å². The molecule has 0 aromatic heterocycles. The summed E-state index contributed by atoms with van der Waals surface area (Å²) in [7, 11) is 0. The van der Waals surface area contributed by atoms with E-state index in [9.17, 15) is 9.90 Å². The predicted molar refractivity (Wildman–Crippen MR) is 76.2 cm³/mol. The molecule has 104 valence electrons. The second-order valence-corrected chi connectivity index (χ2v) is 5.50. The van der Waals surface area contributed by atoms with Gasteiger partial charge in [-0.15, -0.1) is 0 Å². The number of β-amino-alcohol motifs (C(OH)–C–C–N with tert-alkyl or cyclic N) is 1. The monoisotopic (exact) mass is 262 g/mol. The van der Waals surface area contributed by atoms with Crippen molar-refractivity contribution in [3.63, 3.8) is 0 Å². The molecule has 1 unspecified atom stereocenters. The van der Waals surface area contributed by atoms with Crippen LogP contribution >= 0.6 is 0 Å². The molecule has 4 heteroatoms. The third kappa shape index (κ3) is 4.04. The van der Waals surface area contributed by atoms with E-state index >= 15 is 0 Å². The molecule has 4 nitrogen and oxygen atoms in total. The first kappa shape index (κ1) is 14.0. The fourth-order valence-corrected chi connectivity index (χ4v) is 2.31. The summed E-state index contributed by atoms with van der Waals surface area (Å²) in [5.41, 5.74) is 2.09. The maximum Gasteiger partial charge on any atom is 0.238 e. The van der Waals surface area contributed by atoms with Crippen LogP contribution in [0.5, 0.6) is 0 Å². The van der Waals surface area contributed by atoms with Crippen LogP contribution in [0, 0.1) is 0 Å². The minimum absolute atomic E-state index is 0.0219. The molecule has 1 fully saturated rings. The number of aliphatic hydroxyl groups is 1. The van der Waals surface area contributed by atoms with Crippen LogP contribution in [0.4, 0.5) is 5.69 Å². The van der Waals surface area contributed by atoms with E-state index in [1.165, 1.54) is 5.56 Å². The van der Waals surface area contributed by atoms with E-state index < -0.39 is 0 Å². The number of benzene rings is 1. The lowest BCUT2D eigenvalue weighted by atomic mass is 10.0. The quantitative estimate of drug-likeness (QED) is 0.870. The molecule has 0 aliphatic carbocycles. The molecule has 1 amide bonds. The van der Waals surface area contributed by atoms with Crippen molar-refractivity contribution in [2.24, 2.45) is 0 Å². The molecule has 0 bridgehead atoms. The third-order valence-electron chi connectivity index (χ3n) is 3.48. The van der Waals surface area contributed by atoms with Gasteiger partial charge in [-0.3, -0.25) is 9.69 Å². The molecule has 0 saturated carbocycles. The van der Waals surface area contributed by atoms with Gasteiger partial charge in [0.05, 0.1) is 12.6 Å². The molecule has 1 heterocycles. The molecule has 0 radical (unpaired) electrons. The van der Waals surface area contributed by atoms with Crippen LogP contribution in [0.1, 0.15) is 31.7 Å². The van der Waals surface area contributed by atoms with Gasteiger partial charge in [0.25, 0.3) is 0 Å². The maximum absolute atomic E-state index is 11.9. The SMILES string of the molecule is CC(C)c1ccc(NC(=O)CN2CCC(O)C2)cc1. The zero-order valence-corrected chi connectivity index (χ0v) is 11.6. The summed E-state index contributed by atoms with van der Waals surface area (Å²) in [4.78, 5) is 13.8. The highest BCUT2D eigenvalue weighted by molar-refractivity contribution is 5.92. The van der Waals surface area contributed by atoms with Gasteiger partial charge in [0.2, 0.25) is 5.91 Å². The number of nitrogens with one attached hydrogen (secondary N) is 1. The van der Waals surface area contributed by atoms with Crippen molar-refractivity contribution in [3.8, 4) is 0 Å². The van der Waals surface area contributed by atoms with Crippen molar-refractivity contribution >= 4 is 11.6 Å². The Morgan fingerprint density at radius 2 is 2.11 bits per heavy atom. The van der Waals surface area contributed by atoms with Crippen LogP contribution in [0.15, 0.2) is 24.3 Å². The minimum atomic E-state index is -0.280. The van der Waals surface area contributed by atoms with E-state index in [4.69, 9.17) is 0 Å². The molecular formula is C15H22N2O2. The molecule has 19 heavy (non-hydrogen) atoms. The first-order chi connectivity index (χ1) is 9.04. The van der Waals surface area contributed by atoms with Gasteiger partial charge in [-0.1, -0.05) is 26.0 Å². The average molecular weight is 262 g/mol. The highest BCUT2D eigenvalue weighted by atomic mass is 16.3. The number of hydrogen-bond acceptors (Lipinski definition) is 3. The molecule has 1 aromatic carbocycles. The molecule has 2 N–H and O–H groups in total. The Kier molecular flexibility index (Phi) is 4.56. The Morgan fingerprint density at radius 1 is 1.42 bits per heavy atom. The van der Waals surface area contributed by atoms with Gasteiger partial charge in [-0.25, -0.2) is 0 Å². The highest BCUT2D eigenvalue weighted by Gasteiger charge is 2.21. The Hall–Kier alpha value is -1.39. The Labute approximate surface area is 114 Å². The summed E-state index contributed by atoms with van der Waals surface area (Å²) >= 11 is 0. The van der Waals surface area contributed by atoms with Crippen molar-refractivity contribution in [3.05, 3.63) is 29.8 Å². The van der Waals surface area contributed by atoms with Crippen molar-refractivity contribution in [2.75, 3.05) is 25.0 Å². The van der Waals surface area contributed by atoms with E-state index in [-0.39, 0.29) is 12.0 Å². The zero-order valence-electron chi connectivity index (χ0n) is 11.6. The smallest absolute Gasteiger partial charge is 0.238 e. The Balaban J connectivity index is 1.85. The van der Waals surface area contributed by atoms with Gasteiger partial charge in [-0.05, 0) is 30.0 Å². The number of rotatable bonds is 4. The van der Waals surface area contributed by atoms with Crippen molar-refractivity contribution in [1.29, 1.82) is 0 Å². The first-order valence-corrected chi connectivity index (χ1v) is 6.85. The summed E-state index contributed by atoms with van der Waals surface area (Å²) in [5.74, 6) is 0.474. The number of amides is 1. The lowest BCUT2D eigenvalue weighted by Crippen LogP contribution is -2.32. The van der Waals surface area contributed by atoms with Crippen molar-refractivity contribution < 1.29 is 9.90 Å². The largest absolute Gasteiger partial charge is 0.392 e. The first-order valence-electron chi connectivity index (χ1n) is 6.85. The lowest BCUT2D eigenvalue weighted by Gasteiger charge is -2.14. The number of likely N-dealkylation sites (tertiary alicyclic amines) is 1. The van der Waals surface area contributed by atoms with Crippen LogP contribution in [-0.2, 0) is 4.79 Å². The van der Waals surface area contributed by atoms with Gasteiger partial charge < -0.3 is 10.4 Å². The molecular weight excluding hydrogens is 240 g/mol. The van der Waals surface area contributed by atoms with Gasteiger partial charge in [0.15, 0.2) is 0 Å². The number of hydrogen-bond donors (Lipinski definition) is 2. The summed E-state index contributed by atoms with van der Waals surface area (Å²) in [6.07, 6.45) is 0.481. The number of aliphatic hydroxyl groups excluding tert-OH is 1. The molecule has 0 spiro atoms. The number of anilines is 1. The second-order valence-electron chi connectivity index (χ2n) is 5.50. The van der Waals surface area contributed by atoms with Gasteiger partial charge in [0.1, 0.15) is 0 Å². The molecule has 1 aliphatic heterocycles. The number of carbonyl (C=O) groups is 1. The fourth-order valence-electron chi connectivity index (χ4n) is 2.31. The molecule has 2 rings (SSSR count). The third-order valence-corrected chi connectivity index (χ3v) is 3.48. The fraction of sp³-hybridized carbons (Fsp3) is 0.533. The summed E-state index contributed by atoms with van der Waals surface area (Å²) in [6.45, 7) is 6.03. The van der Waals surface area contributed by atoms with Crippen molar-refractivity contribution in [2.45, 2.75) is 32.3 Å². The van der Waals surface area contributed by atoms with Gasteiger partial charge in [-0.2, -0.15) is 0 Å². The Bertz CT molecular complexity index is 428. The standard InChI is InChI=1S/C15H22N2O2/c1-11(2)12-3-5-13(6-4-12)16-15(19)10-17-8-7-14(18)9-17/h3-6,11,14,18H,7-10H2,1-2H3,(H,16,19). The van der Waals surface area contributed by atoms with Gasteiger partial charge >= 0.3 is 0 Å². The van der Waals surface area contributed by atoms with Crippen molar-refractivity contribution in [1.82, 2.24) is 4.90 Å². The predicted octanol–water partition coefficient (Wildman–Crippen LogP) is 1.82. The van der Waals surface area contributed by atoms with E-state index in [2.05, 4.69) is 19.2 Å².